The highest BCUT2D eigenvalue weighted by molar-refractivity contribution is 5.48. The molecule has 0 atom stereocenters. The van der Waals surface area contributed by atoms with Gasteiger partial charge in [0.2, 0.25) is 0 Å². The number of nitro groups is 1. The molecular formula is C11H16N2O4. The van der Waals surface area contributed by atoms with Crippen molar-refractivity contribution >= 4 is 5.69 Å². The zero-order chi connectivity index (χ0) is 12.7. The number of aliphatic hydroxyl groups excluding tert-OH is 1. The van der Waals surface area contributed by atoms with Gasteiger partial charge in [-0.3, -0.25) is 10.1 Å². The number of nitrogens with zero attached hydrogens (tertiary/aromatic N) is 1. The van der Waals surface area contributed by atoms with E-state index >= 15 is 0 Å². The fourth-order valence-electron chi connectivity index (χ4n) is 1.39. The van der Waals surface area contributed by atoms with Gasteiger partial charge in [-0.2, -0.15) is 0 Å². The summed E-state index contributed by atoms with van der Waals surface area (Å²) in [6.45, 7) is 0.888. The molecule has 0 bridgehead atoms. The van der Waals surface area contributed by atoms with E-state index in [0.717, 1.165) is 5.56 Å². The maximum Gasteiger partial charge on any atom is 0.310 e. The van der Waals surface area contributed by atoms with E-state index in [0.29, 0.717) is 13.0 Å². The molecule has 0 radical (unpaired) electrons. The molecule has 6 nitrogen and oxygen atoms in total. The average molecular weight is 240 g/mol. The van der Waals surface area contributed by atoms with Gasteiger partial charge < -0.3 is 15.2 Å². The highest BCUT2D eigenvalue weighted by Crippen LogP contribution is 2.28. The molecule has 0 fully saturated rings. The molecule has 1 rings (SSSR count). The lowest BCUT2D eigenvalue weighted by Crippen LogP contribution is -2.07. The largest absolute Gasteiger partial charge is 0.487 e. The summed E-state index contributed by atoms with van der Waals surface area (Å²) in [6, 6.07) is 4.76. The summed E-state index contributed by atoms with van der Waals surface area (Å²) in [6.07, 6.45) is 0.452. The van der Waals surface area contributed by atoms with Gasteiger partial charge in [-0.05, 0) is 18.7 Å². The normalized spacial score (nSPS) is 10.2. The van der Waals surface area contributed by atoms with Crippen molar-refractivity contribution in [3.63, 3.8) is 0 Å². The van der Waals surface area contributed by atoms with Crippen molar-refractivity contribution in [1.29, 1.82) is 0 Å². The van der Waals surface area contributed by atoms with E-state index in [1.807, 2.05) is 0 Å². The van der Waals surface area contributed by atoms with Crippen LogP contribution in [0.25, 0.3) is 0 Å². The van der Waals surface area contributed by atoms with Crippen LogP contribution in [0.5, 0.6) is 5.75 Å². The number of hydrogen-bond donors (Lipinski definition) is 2. The Morgan fingerprint density at radius 3 is 2.88 bits per heavy atom. The van der Waals surface area contributed by atoms with Gasteiger partial charge in [0, 0.05) is 25.6 Å². The molecule has 1 aromatic rings. The molecule has 0 amide bonds. The molecule has 0 aliphatic carbocycles. The summed E-state index contributed by atoms with van der Waals surface area (Å²) in [5, 5.41) is 22.4. The number of nitrogens with one attached hydrogen (secondary N) is 1. The minimum Gasteiger partial charge on any atom is -0.487 e. The molecule has 0 saturated carbocycles. The van der Waals surface area contributed by atoms with Gasteiger partial charge in [0.25, 0.3) is 0 Å². The summed E-state index contributed by atoms with van der Waals surface area (Å²) >= 11 is 0. The molecule has 94 valence electrons. The molecular weight excluding hydrogens is 224 g/mol. The molecule has 0 saturated heterocycles. The number of hydrogen-bond acceptors (Lipinski definition) is 5. The standard InChI is InChI=1S/C11H16N2O4/c1-12-8-9-3-4-10(13(15)16)11(7-9)17-6-2-5-14/h3-4,7,12,14H,2,5-6,8H2,1H3. The fraction of sp³-hybridized carbons (Fsp3) is 0.455. The first-order valence-corrected chi connectivity index (χ1v) is 5.34. The van der Waals surface area contributed by atoms with E-state index in [-0.39, 0.29) is 24.7 Å². The summed E-state index contributed by atoms with van der Waals surface area (Å²) in [7, 11) is 1.80. The molecule has 0 aliphatic rings. The highest BCUT2D eigenvalue weighted by atomic mass is 16.6. The Hall–Kier alpha value is -1.66. The van der Waals surface area contributed by atoms with Gasteiger partial charge >= 0.3 is 5.69 Å². The monoisotopic (exact) mass is 240 g/mol. The van der Waals surface area contributed by atoms with Crippen LogP contribution in [0.2, 0.25) is 0 Å². The van der Waals surface area contributed by atoms with Gasteiger partial charge in [-0.1, -0.05) is 6.07 Å². The van der Waals surface area contributed by atoms with E-state index in [2.05, 4.69) is 5.32 Å². The molecule has 0 spiro atoms. The van der Waals surface area contributed by atoms with Crippen molar-refractivity contribution in [1.82, 2.24) is 5.32 Å². The highest BCUT2D eigenvalue weighted by Gasteiger charge is 2.15. The quantitative estimate of drug-likeness (QED) is 0.423. The van der Waals surface area contributed by atoms with Crippen LogP contribution in [0.4, 0.5) is 5.69 Å². The SMILES string of the molecule is CNCc1ccc([N+](=O)[O-])c(OCCCO)c1. The van der Waals surface area contributed by atoms with E-state index in [1.54, 1.807) is 19.2 Å². The molecule has 0 aliphatic heterocycles. The van der Waals surface area contributed by atoms with Crippen molar-refractivity contribution in [2.45, 2.75) is 13.0 Å². The molecule has 0 aromatic heterocycles. The van der Waals surface area contributed by atoms with Crippen LogP contribution in [0.1, 0.15) is 12.0 Å². The van der Waals surface area contributed by atoms with Crippen LogP contribution < -0.4 is 10.1 Å². The summed E-state index contributed by atoms with van der Waals surface area (Å²) in [5.41, 5.74) is 0.861. The lowest BCUT2D eigenvalue weighted by molar-refractivity contribution is -0.385. The van der Waals surface area contributed by atoms with Crippen LogP contribution in [0.3, 0.4) is 0 Å². The maximum atomic E-state index is 10.8. The Labute approximate surface area is 99.4 Å². The second-order valence-corrected chi connectivity index (χ2v) is 3.52. The van der Waals surface area contributed by atoms with Gasteiger partial charge in [0.15, 0.2) is 5.75 Å². The summed E-state index contributed by atoms with van der Waals surface area (Å²) in [4.78, 5) is 10.3. The van der Waals surface area contributed by atoms with E-state index < -0.39 is 4.92 Å². The smallest absolute Gasteiger partial charge is 0.310 e. The van der Waals surface area contributed by atoms with Crippen molar-refractivity contribution < 1.29 is 14.8 Å². The topological polar surface area (TPSA) is 84.6 Å². The Morgan fingerprint density at radius 1 is 1.53 bits per heavy atom. The Morgan fingerprint density at radius 2 is 2.29 bits per heavy atom. The van der Waals surface area contributed by atoms with Gasteiger partial charge in [0.05, 0.1) is 11.5 Å². The Kier molecular flexibility index (Phi) is 5.38. The van der Waals surface area contributed by atoms with Crippen LogP contribution in [0, 0.1) is 10.1 Å². The van der Waals surface area contributed by atoms with Crippen LogP contribution in [-0.4, -0.2) is 30.3 Å². The van der Waals surface area contributed by atoms with E-state index in [1.165, 1.54) is 6.07 Å². The third-order valence-corrected chi connectivity index (χ3v) is 2.16. The molecule has 6 heteroatoms. The number of nitro benzene ring substituents is 1. The Balaban J connectivity index is 2.86. The summed E-state index contributed by atoms with van der Waals surface area (Å²) in [5.74, 6) is 0.246. The predicted octanol–water partition coefficient (Wildman–Crippen LogP) is 1.08. The zero-order valence-corrected chi connectivity index (χ0v) is 9.68. The fourth-order valence-corrected chi connectivity index (χ4v) is 1.39. The molecule has 1 aromatic carbocycles. The second kappa shape index (κ2) is 6.82. The number of aliphatic hydroxyl groups is 1. The minimum absolute atomic E-state index is 0.00397. The molecule has 0 heterocycles. The van der Waals surface area contributed by atoms with Crippen molar-refractivity contribution in [3.05, 3.63) is 33.9 Å². The third-order valence-electron chi connectivity index (χ3n) is 2.16. The number of ether oxygens (including phenoxy) is 1. The first-order chi connectivity index (χ1) is 8.19. The van der Waals surface area contributed by atoms with Crippen molar-refractivity contribution in [2.24, 2.45) is 0 Å². The van der Waals surface area contributed by atoms with E-state index in [4.69, 9.17) is 9.84 Å². The van der Waals surface area contributed by atoms with Crippen molar-refractivity contribution in [3.8, 4) is 5.75 Å². The first-order valence-electron chi connectivity index (χ1n) is 5.34. The molecule has 2 N–H and O–H groups in total. The van der Waals surface area contributed by atoms with Crippen molar-refractivity contribution in [2.75, 3.05) is 20.3 Å². The lowest BCUT2D eigenvalue weighted by atomic mass is 10.2. The van der Waals surface area contributed by atoms with Crippen LogP contribution >= 0.6 is 0 Å². The number of rotatable bonds is 7. The van der Waals surface area contributed by atoms with Gasteiger partial charge in [-0.15, -0.1) is 0 Å². The zero-order valence-electron chi connectivity index (χ0n) is 9.68. The summed E-state index contributed by atoms with van der Waals surface area (Å²) < 4.78 is 5.30. The minimum atomic E-state index is -0.475. The predicted molar refractivity (Wildman–Crippen MR) is 63.1 cm³/mol. The molecule has 0 unspecified atom stereocenters. The van der Waals surface area contributed by atoms with Crippen LogP contribution in [-0.2, 0) is 6.54 Å². The average Bonchev–Trinajstić information content (AvgIpc) is 2.30. The lowest BCUT2D eigenvalue weighted by Gasteiger charge is -2.08. The van der Waals surface area contributed by atoms with E-state index in [9.17, 15) is 10.1 Å². The third kappa shape index (κ3) is 4.01. The Bertz CT molecular complexity index is 382. The van der Waals surface area contributed by atoms with Gasteiger partial charge in [0.1, 0.15) is 0 Å². The maximum absolute atomic E-state index is 10.8. The van der Waals surface area contributed by atoms with Crippen LogP contribution in [0.15, 0.2) is 18.2 Å². The number of benzene rings is 1. The molecule has 17 heavy (non-hydrogen) atoms. The van der Waals surface area contributed by atoms with Gasteiger partial charge in [-0.25, -0.2) is 0 Å². The first kappa shape index (κ1) is 13.4. The second-order valence-electron chi connectivity index (χ2n) is 3.52.